The van der Waals surface area contributed by atoms with E-state index < -0.39 is 5.97 Å². The molecule has 2 rings (SSSR count). The minimum atomic E-state index is -0.405. The van der Waals surface area contributed by atoms with Crippen molar-refractivity contribution in [3.63, 3.8) is 0 Å². The van der Waals surface area contributed by atoms with E-state index in [9.17, 15) is 9.59 Å². The maximum Gasteiger partial charge on any atom is 0.355 e. The zero-order chi connectivity index (χ0) is 17.0. The summed E-state index contributed by atoms with van der Waals surface area (Å²) in [4.78, 5) is 24.6. The summed E-state index contributed by atoms with van der Waals surface area (Å²) in [6, 6.07) is 9.70. The van der Waals surface area contributed by atoms with Crippen LogP contribution in [0.4, 0.5) is 0 Å². The topological polar surface area (TPSA) is 60.3 Å². The molecular weight excluding hydrogens is 292 g/mol. The lowest BCUT2D eigenvalue weighted by Crippen LogP contribution is -2.24. The molecule has 1 amide bonds. The third-order valence-corrected chi connectivity index (χ3v) is 3.92. The van der Waals surface area contributed by atoms with Gasteiger partial charge in [-0.3, -0.25) is 4.79 Å². The second-order valence-corrected chi connectivity index (χ2v) is 5.38. The Bertz CT molecular complexity index is 718. The summed E-state index contributed by atoms with van der Waals surface area (Å²) in [5.41, 5.74) is 3.38. The van der Waals surface area contributed by atoms with Crippen LogP contribution in [0.3, 0.4) is 0 Å². The molecule has 1 N–H and O–H groups in total. The van der Waals surface area contributed by atoms with E-state index in [0.29, 0.717) is 30.0 Å². The number of rotatable bonds is 5. The number of esters is 1. The minimum absolute atomic E-state index is 0.185. The lowest BCUT2D eigenvalue weighted by Gasteiger charge is -2.06. The number of hydrogen-bond acceptors (Lipinski definition) is 3. The summed E-state index contributed by atoms with van der Waals surface area (Å²) in [5, 5.41) is 2.90. The Balaban J connectivity index is 2.23. The molecular formula is C18H22N2O3. The number of nitrogens with one attached hydrogen (secondary N) is 1. The Hall–Kier alpha value is -2.56. The first-order valence-electron chi connectivity index (χ1n) is 7.62. The normalized spacial score (nSPS) is 10.4. The van der Waals surface area contributed by atoms with Gasteiger partial charge >= 0.3 is 5.97 Å². The van der Waals surface area contributed by atoms with Gasteiger partial charge in [-0.2, -0.15) is 0 Å². The Labute approximate surface area is 136 Å². The van der Waals surface area contributed by atoms with E-state index in [1.165, 1.54) is 0 Å². The van der Waals surface area contributed by atoms with Crippen LogP contribution in [-0.2, 0) is 18.3 Å². The molecule has 5 nitrogen and oxygen atoms in total. The molecule has 0 aliphatic carbocycles. The summed E-state index contributed by atoms with van der Waals surface area (Å²) in [6.45, 7) is 6.11. The van der Waals surface area contributed by atoms with Crippen molar-refractivity contribution in [3.05, 3.63) is 58.4 Å². The number of nitrogens with zero attached hydrogens (tertiary/aromatic N) is 1. The maximum absolute atomic E-state index is 12.5. The van der Waals surface area contributed by atoms with Crippen LogP contribution in [0.5, 0.6) is 0 Å². The summed E-state index contributed by atoms with van der Waals surface area (Å²) in [5.74, 6) is -0.590. The van der Waals surface area contributed by atoms with Crippen LogP contribution >= 0.6 is 0 Å². The van der Waals surface area contributed by atoms with Crippen molar-refractivity contribution in [1.29, 1.82) is 0 Å². The van der Waals surface area contributed by atoms with Gasteiger partial charge in [0.15, 0.2) is 0 Å². The molecule has 0 saturated carbocycles. The van der Waals surface area contributed by atoms with E-state index >= 15 is 0 Å². The van der Waals surface area contributed by atoms with Gasteiger partial charge in [0.2, 0.25) is 0 Å². The summed E-state index contributed by atoms with van der Waals surface area (Å²) >= 11 is 0. The molecule has 0 aliphatic rings. The number of ether oxygens (including phenoxy) is 1. The number of hydrogen-bond donors (Lipinski definition) is 1. The van der Waals surface area contributed by atoms with Crippen molar-refractivity contribution in [2.45, 2.75) is 27.3 Å². The number of carbonyl (C=O) groups excluding carboxylic acids is 2. The van der Waals surface area contributed by atoms with Crippen LogP contribution in [0, 0.1) is 13.8 Å². The monoisotopic (exact) mass is 314 g/mol. The van der Waals surface area contributed by atoms with Gasteiger partial charge in [-0.05, 0) is 31.9 Å². The molecule has 0 saturated heterocycles. The van der Waals surface area contributed by atoms with E-state index in [1.807, 2.05) is 37.3 Å². The molecule has 0 radical (unpaired) electrons. The first kappa shape index (κ1) is 16.8. The van der Waals surface area contributed by atoms with E-state index in [4.69, 9.17) is 4.74 Å². The molecule has 0 unspecified atom stereocenters. The second kappa shape index (κ2) is 7.13. The first-order chi connectivity index (χ1) is 11.0. The predicted octanol–water partition coefficient (Wildman–Crippen LogP) is 2.75. The smallest absolute Gasteiger partial charge is 0.355 e. The Morgan fingerprint density at radius 3 is 2.43 bits per heavy atom. The fraction of sp³-hybridized carbons (Fsp3) is 0.333. The number of amides is 1. The van der Waals surface area contributed by atoms with Crippen LogP contribution < -0.4 is 5.32 Å². The highest BCUT2D eigenvalue weighted by molar-refractivity contribution is 6.01. The van der Waals surface area contributed by atoms with Crippen molar-refractivity contribution in [2.24, 2.45) is 7.05 Å². The number of benzene rings is 1. The van der Waals surface area contributed by atoms with Crippen LogP contribution in [0.15, 0.2) is 30.3 Å². The number of aromatic nitrogens is 1. The van der Waals surface area contributed by atoms with Crippen molar-refractivity contribution < 1.29 is 14.3 Å². The summed E-state index contributed by atoms with van der Waals surface area (Å²) in [6.07, 6.45) is 0. The molecule has 0 atom stereocenters. The quantitative estimate of drug-likeness (QED) is 0.863. The molecule has 1 heterocycles. The second-order valence-electron chi connectivity index (χ2n) is 5.38. The molecule has 5 heteroatoms. The fourth-order valence-electron chi connectivity index (χ4n) is 2.67. The molecule has 23 heavy (non-hydrogen) atoms. The van der Waals surface area contributed by atoms with E-state index in [1.54, 1.807) is 25.5 Å². The SMILES string of the molecule is CCOC(=O)c1c(C)c(C(=O)NCc2ccccc2)c(C)n1C. The van der Waals surface area contributed by atoms with E-state index in [2.05, 4.69) is 5.32 Å². The van der Waals surface area contributed by atoms with Gasteiger partial charge < -0.3 is 14.6 Å². The van der Waals surface area contributed by atoms with Gasteiger partial charge in [-0.15, -0.1) is 0 Å². The first-order valence-corrected chi connectivity index (χ1v) is 7.62. The lowest BCUT2D eigenvalue weighted by atomic mass is 10.1. The van der Waals surface area contributed by atoms with Gasteiger partial charge in [-0.25, -0.2) is 4.79 Å². The van der Waals surface area contributed by atoms with Crippen molar-refractivity contribution >= 4 is 11.9 Å². The third-order valence-electron chi connectivity index (χ3n) is 3.92. The van der Waals surface area contributed by atoms with Crippen molar-refractivity contribution in [3.8, 4) is 0 Å². The zero-order valence-electron chi connectivity index (χ0n) is 14.0. The zero-order valence-corrected chi connectivity index (χ0v) is 14.0. The Morgan fingerprint density at radius 2 is 1.83 bits per heavy atom. The minimum Gasteiger partial charge on any atom is -0.461 e. The molecule has 1 aromatic heterocycles. The van der Waals surface area contributed by atoms with Gasteiger partial charge in [0.1, 0.15) is 5.69 Å². The van der Waals surface area contributed by atoms with E-state index in [0.717, 1.165) is 11.3 Å². The average molecular weight is 314 g/mol. The van der Waals surface area contributed by atoms with Crippen LogP contribution in [0.2, 0.25) is 0 Å². The Morgan fingerprint density at radius 1 is 1.17 bits per heavy atom. The fourth-order valence-corrected chi connectivity index (χ4v) is 2.67. The molecule has 0 aliphatic heterocycles. The Kier molecular flexibility index (Phi) is 5.21. The average Bonchev–Trinajstić information content (AvgIpc) is 2.76. The standard InChI is InChI=1S/C18H22N2O3/c1-5-23-18(22)16-12(2)15(13(3)20(16)4)17(21)19-11-14-9-7-6-8-10-14/h6-10H,5,11H2,1-4H3,(H,19,21). The van der Waals surface area contributed by atoms with Crippen molar-refractivity contribution in [1.82, 2.24) is 9.88 Å². The van der Waals surface area contributed by atoms with Crippen molar-refractivity contribution in [2.75, 3.05) is 6.61 Å². The number of carbonyl (C=O) groups is 2. The lowest BCUT2D eigenvalue weighted by molar-refractivity contribution is 0.0514. The highest BCUT2D eigenvalue weighted by Crippen LogP contribution is 2.22. The molecule has 2 aromatic rings. The van der Waals surface area contributed by atoms with Gasteiger partial charge in [-0.1, -0.05) is 30.3 Å². The third kappa shape index (κ3) is 3.44. The van der Waals surface area contributed by atoms with Crippen LogP contribution in [0.25, 0.3) is 0 Å². The highest BCUT2D eigenvalue weighted by atomic mass is 16.5. The summed E-state index contributed by atoms with van der Waals surface area (Å²) in [7, 11) is 1.77. The predicted molar refractivity (Wildman–Crippen MR) is 88.5 cm³/mol. The highest BCUT2D eigenvalue weighted by Gasteiger charge is 2.25. The molecule has 0 bridgehead atoms. The van der Waals surface area contributed by atoms with Crippen LogP contribution in [-0.4, -0.2) is 23.1 Å². The maximum atomic E-state index is 12.5. The largest absolute Gasteiger partial charge is 0.461 e. The van der Waals surface area contributed by atoms with Gasteiger partial charge in [0.05, 0.1) is 12.2 Å². The van der Waals surface area contributed by atoms with Gasteiger partial charge in [0, 0.05) is 19.3 Å². The molecule has 1 aromatic carbocycles. The van der Waals surface area contributed by atoms with Crippen LogP contribution in [0.1, 0.15) is 44.6 Å². The van der Waals surface area contributed by atoms with Gasteiger partial charge in [0.25, 0.3) is 5.91 Å². The molecule has 0 spiro atoms. The van der Waals surface area contributed by atoms with E-state index in [-0.39, 0.29) is 5.91 Å². The molecule has 122 valence electrons. The molecule has 0 fully saturated rings. The summed E-state index contributed by atoms with van der Waals surface area (Å²) < 4.78 is 6.79.